The van der Waals surface area contributed by atoms with E-state index in [1.165, 1.54) is 6.92 Å². The van der Waals surface area contributed by atoms with Gasteiger partial charge in [0.15, 0.2) is 0 Å². The second kappa shape index (κ2) is 12.6. The molecule has 0 spiro atoms. The maximum atomic E-state index is 13.1. The van der Waals surface area contributed by atoms with Gasteiger partial charge in [0.05, 0.1) is 6.54 Å². The molecule has 2 rings (SSSR count). The molecule has 0 saturated heterocycles. The maximum Gasteiger partial charge on any atom is 0.325 e. The molecule has 180 valence electrons. The number of carbonyl (C=O) groups excluding carboxylic acids is 3. The number of amides is 3. The standard InChI is InChI=1S/C22H32N6O5/c1-13(22(32)33)26-20(30)17(8-4-5-9-23)28-21(31)18(27-19(29)11-24)10-14-12-25-16-7-3-2-6-15(14)16/h2-3,6-7,12-13,17-18,25H,4-5,8-11,23-24H2,1H3,(H,26,30)(H,27,29)(H,28,31)(H,32,33). The number of carbonyl (C=O) groups is 4. The molecule has 0 aliphatic heterocycles. The molecule has 0 radical (unpaired) electrons. The molecule has 3 atom stereocenters. The molecular weight excluding hydrogens is 428 g/mol. The van der Waals surface area contributed by atoms with Crippen LogP contribution in [0.15, 0.2) is 30.5 Å². The summed E-state index contributed by atoms with van der Waals surface area (Å²) in [6.07, 6.45) is 3.39. The summed E-state index contributed by atoms with van der Waals surface area (Å²) in [6, 6.07) is 4.46. The number of carboxylic acid groups (broad SMARTS) is 1. The van der Waals surface area contributed by atoms with Crippen LogP contribution in [0.1, 0.15) is 31.7 Å². The second-order valence-electron chi connectivity index (χ2n) is 7.80. The number of aromatic amines is 1. The first-order valence-electron chi connectivity index (χ1n) is 10.8. The van der Waals surface area contributed by atoms with E-state index in [0.29, 0.717) is 19.4 Å². The molecule has 1 heterocycles. The molecule has 33 heavy (non-hydrogen) atoms. The summed E-state index contributed by atoms with van der Waals surface area (Å²) in [5.74, 6) is -2.90. The van der Waals surface area contributed by atoms with E-state index in [1.807, 2.05) is 24.3 Å². The van der Waals surface area contributed by atoms with Crippen LogP contribution < -0.4 is 27.4 Å². The molecule has 0 saturated carbocycles. The first-order valence-corrected chi connectivity index (χ1v) is 10.8. The summed E-state index contributed by atoms with van der Waals surface area (Å²) in [5, 5.41) is 17.6. The van der Waals surface area contributed by atoms with E-state index in [9.17, 15) is 19.2 Å². The van der Waals surface area contributed by atoms with Gasteiger partial charge in [-0.3, -0.25) is 19.2 Å². The Hall–Kier alpha value is -3.44. The van der Waals surface area contributed by atoms with Gasteiger partial charge in [-0.2, -0.15) is 0 Å². The van der Waals surface area contributed by atoms with Gasteiger partial charge in [0, 0.05) is 23.5 Å². The fraction of sp³-hybridized carbons (Fsp3) is 0.455. The van der Waals surface area contributed by atoms with Crippen molar-refractivity contribution in [1.29, 1.82) is 0 Å². The zero-order valence-corrected chi connectivity index (χ0v) is 18.6. The van der Waals surface area contributed by atoms with Crippen LogP contribution in [-0.4, -0.2) is 65.0 Å². The van der Waals surface area contributed by atoms with Crippen LogP contribution in [0.25, 0.3) is 10.9 Å². The highest BCUT2D eigenvalue weighted by Crippen LogP contribution is 2.19. The van der Waals surface area contributed by atoms with Gasteiger partial charge in [-0.25, -0.2) is 0 Å². The third-order valence-corrected chi connectivity index (χ3v) is 5.25. The number of para-hydroxylation sites is 1. The smallest absolute Gasteiger partial charge is 0.325 e. The molecule has 1 aromatic carbocycles. The summed E-state index contributed by atoms with van der Waals surface area (Å²) in [5.41, 5.74) is 12.6. The molecular formula is C22H32N6O5. The summed E-state index contributed by atoms with van der Waals surface area (Å²) in [4.78, 5) is 52.0. The van der Waals surface area contributed by atoms with Crippen molar-refractivity contribution in [2.75, 3.05) is 13.1 Å². The van der Waals surface area contributed by atoms with Crippen LogP contribution in [0.5, 0.6) is 0 Å². The van der Waals surface area contributed by atoms with Crippen LogP contribution in [0, 0.1) is 0 Å². The van der Waals surface area contributed by atoms with Crippen molar-refractivity contribution in [2.24, 2.45) is 11.5 Å². The number of H-pyrrole nitrogens is 1. The fourth-order valence-corrected chi connectivity index (χ4v) is 3.39. The quantitative estimate of drug-likeness (QED) is 0.193. The normalized spacial score (nSPS) is 13.7. The van der Waals surface area contributed by atoms with Gasteiger partial charge in [0.2, 0.25) is 17.7 Å². The van der Waals surface area contributed by atoms with Crippen LogP contribution in [0.3, 0.4) is 0 Å². The predicted molar refractivity (Wildman–Crippen MR) is 123 cm³/mol. The van der Waals surface area contributed by atoms with E-state index in [2.05, 4.69) is 20.9 Å². The van der Waals surface area contributed by atoms with Gasteiger partial charge in [-0.05, 0) is 44.4 Å². The van der Waals surface area contributed by atoms with Crippen molar-refractivity contribution in [2.45, 2.75) is 50.7 Å². The van der Waals surface area contributed by atoms with E-state index in [1.54, 1.807) is 6.20 Å². The number of aromatic nitrogens is 1. The Morgan fingerprint density at radius 2 is 1.70 bits per heavy atom. The lowest BCUT2D eigenvalue weighted by Crippen LogP contribution is -2.56. The van der Waals surface area contributed by atoms with E-state index in [0.717, 1.165) is 16.5 Å². The molecule has 11 heteroatoms. The highest BCUT2D eigenvalue weighted by atomic mass is 16.4. The summed E-state index contributed by atoms with van der Waals surface area (Å²) >= 11 is 0. The molecule has 2 aromatic rings. The Kier molecular flexibility index (Phi) is 9.83. The number of hydrogen-bond acceptors (Lipinski definition) is 6. The number of hydrogen-bond donors (Lipinski definition) is 7. The number of aliphatic carboxylic acids is 1. The van der Waals surface area contributed by atoms with E-state index < -0.39 is 41.8 Å². The van der Waals surface area contributed by atoms with Crippen molar-refractivity contribution in [3.63, 3.8) is 0 Å². The van der Waals surface area contributed by atoms with Crippen molar-refractivity contribution in [3.8, 4) is 0 Å². The number of nitrogens with two attached hydrogens (primary N) is 2. The molecule has 3 unspecified atom stereocenters. The lowest BCUT2D eigenvalue weighted by molar-refractivity contribution is -0.141. The average molecular weight is 461 g/mol. The zero-order chi connectivity index (χ0) is 24.4. The van der Waals surface area contributed by atoms with Crippen LogP contribution >= 0.6 is 0 Å². The molecule has 0 aliphatic carbocycles. The van der Waals surface area contributed by atoms with Gasteiger partial charge < -0.3 is 37.5 Å². The molecule has 1 aromatic heterocycles. The van der Waals surface area contributed by atoms with Crippen molar-refractivity contribution < 1.29 is 24.3 Å². The van der Waals surface area contributed by atoms with Crippen LogP contribution in [0.2, 0.25) is 0 Å². The summed E-state index contributed by atoms with van der Waals surface area (Å²) in [7, 11) is 0. The predicted octanol–water partition coefficient (Wildman–Crippen LogP) is -0.643. The average Bonchev–Trinajstić information content (AvgIpc) is 3.20. The minimum atomic E-state index is -1.19. The van der Waals surface area contributed by atoms with Crippen molar-refractivity contribution >= 4 is 34.6 Å². The summed E-state index contributed by atoms with van der Waals surface area (Å²) in [6.45, 7) is 1.46. The number of rotatable bonds is 13. The molecule has 9 N–H and O–H groups in total. The molecule has 0 fully saturated rings. The topological polar surface area (TPSA) is 192 Å². The second-order valence-corrected chi connectivity index (χ2v) is 7.80. The number of nitrogens with one attached hydrogen (secondary N) is 4. The number of benzene rings is 1. The third-order valence-electron chi connectivity index (χ3n) is 5.25. The van der Waals surface area contributed by atoms with E-state index in [-0.39, 0.29) is 19.4 Å². The highest BCUT2D eigenvalue weighted by Gasteiger charge is 2.28. The van der Waals surface area contributed by atoms with E-state index in [4.69, 9.17) is 16.6 Å². The van der Waals surface area contributed by atoms with Crippen molar-refractivity contribution in [1.82, 2.24) is 20.9 Å². The van der Waals surface area contributed by atoms with Gasteiger partial charge in [-0.15, -0.1) is 0 Å². The lowest BCUT2D eigenvalue weighted by atomic mass is 10.0. The minimum Gasteiger partial charge on any atom is -0.480 e. The monoisotopic (exact) mass is 460 g/mol. The molecule has 11 nitrogen and oxygen atoms in total. The fourth-order valence-electron chi connectivity index (χ4n) is 3.39. The van der Waals surface area contributed by atoms with Gasteiger partial charge in [0.1, 0.15) is 18.1 Å². The number of unbranched alkanes of at least 4 members (excludes halogenated alkanes) is 1. The van der Waals surface area contributed by atoms with Gasteiger partial charge >= 0.3 is 5.97 Å². The van der Waals surface area contributed by atoms with Gasteiger partial charge in [-0.1, -0.05) is 18.2 Å². The van der Waals surface area contributed by atoms with Crippen LogP contribution in [0.4, 0.5) is 0 Å². The SMILES string of the molecule is CC(NC(=O)C(CCCCN)NC(=O)C(Cc1c[nH]c2ccccc12)NC(=O)CN)C(=O)O. The molecule has 0 bridgehead atoms. The Morgan fingerprint density at radius 3 is 2.36 bits per heavy atom. The minimum absolute atomic E-state index is 0.171. The van der Waals surface area contributed by atoms with Crippen LogP contribution in [-0.2, 0) is 25.6 Å². The zero-order valence-electron chi connectivity index (χ0n) is 18.6. The largest absolute Gasteiger partial charge is 0.480 e. The Labute approximate surface area is 191 Å². The first-order chi connectivity index (χ1) is 15.8. The molecule has 3 amide bonds. The highest BCUT2D eigenvalue weighted by molar-refractivity contribution is 5.94. The Morgan fingerprint density at radius 1 is 1.00 bits per heavy atom. The lowest BCUT2D eigenvalue weighted by Gasteiger charge is -2.24. The maximum absolute atomic E-state index is 13.1. The molecule has 0 aliphatic rings. The number of fused-ring (bicyclic) bond motifs is 1. The Balaban J connectivity index is 2.20. The third kappa shape index (κ3) is 7.58. The Bertz CT molecular complexity index is 975. The first kappa shape index (κ1) is 25.8. The van der Waals surface area contributed by atoms with Crippen molar-refractivity contribution in [3.05, 3.63) is 36.0 Å². The summed E-state index contributed by atoms with van der Waals surface area (Å²) < 4.78 is 0. The van der Waals surface area contributed by atoms with Gasteiger partial charge in [0.25, 0.3) is 0 Å². The van der Waals surface area contributed by atoms with E-state index >= 15 is 0 Å². The number of carboxylic acids is 1.